The van der Waals surface area contributed by atoms with Crippen LogP contribution in [0.1, 0.15) is 28.4 Å². The maximum atomic E-state index is 12.2. The van der Waals surface area contributed by atoms with Gasteiger partial charge in [0.05, 0.1) is 5.56 Å². The number of nitrogens with two attached hydrogens (primary N) is 1. The fourth-order valence-electron chi connectivity index (χ4n) is 2.44. The van der Waals surface area contributed by atoms with Crippen molar-refractivity contribution < 1.29 is 9.48 Å². The lowest BCUT2D eigenvalue weighted by molar-refractivity contribution is -0.569. The first kappa shape index (κ1) is 15.2. The first-order valence-electron chi connectivity index (χ1n) is 7.21. The number of carbonyl (C=O) groups excluding carboxylic acids is 1. The Morgan fingerprint density at radius 2 is 1.87 bits per heavy atom. The molecule has 3 N–H and O–H groups in total. The molecule has 1 aliphatic rings. The van der Waals surface area contributed by atoms with Crippen LogP contribution in [0.15, 0.2) is 59.7 Å². The summed E-state index contributed by atoms with van der Waals surface area (Å²) in [6, 6.07) is 16.5. The van der Waals surface area contributed by atoms with E-state index in [1.54, 1.807) is 35.2 Å². The van der Waals surface area contributed by atoms with Gasteiger partial charge in [-0.25, -0.2) is 5.32 Å². The smallest absolute Gasteiger partial charge is 0.289 e. The van der Waals surface area contributed by atoms with E-state index in [-0.39, 0.29) is 17.9 Å². The highest BCUT2D eigenvalue weighted by molar-refractivity contribution is 6.30. The molecule has 0 saturated carbocycles. The van der Waals surface area contributed by atoms with Crippen LogP contribution in [0, 0.1) is 0 Å². The highest BCUT2D eigenvalue weighted by atomic mass is 35.5. The number of halogens is 1. The molecule has 0 unspecified atom stereocenters. The van der Waals surface area contributed by atoms with Gasteiger partial charge in [-0.3, -0.25) is 10.5 Å². The van der Waals surface area contributed by atoms with E-state index < -0.39 is 0 Å². The Morgan fingerprint density at radius 3 is 2.57 bits per heavy atom. The molecular weight excluding hydrogens is 312 g/mol. The lowest BCUT2D eigenvalue weighted by atomic mass is 10.1. The highest BCUT2D eigenvalue weighted by Gasteiger charge is 2.26. The van der Waals surface area contributed by atoms with E-state index in [2.05, 4.69) is 10.4 Å². The van der Waals surface area contributed by atoms with Crippen LogP contribution in [0.5, 0.6) is 0 Å². The van der Waals surface area contributed by atoms with Crippen molar-refractivity contribution >= 4 is 29.7 Å². The second kappa shape index (κ2) is 6.62. The van der Waals surface area contributed by atoms with Crippen molar-refractivity contribution in [2.24, 2.45) is 10.8 Å². The summed E-state index contributed by atoms with van der Waals surface area (Å²) in [6.45, 7) is 0. The van der Waals surface area contributed by atoms with E-state index in [9.17, 15) is 4.79 Å². The minimum absolute atomic E-state index is 0.0123. The summed E-state index contributed by atoms with van der Waals surface area (Å²) in [5.41, 5.74) is 7.62. The zero-order valence-corrected chi connectivity index (χ0v) is 13.1. The summed E-state index contributed by atoms with van der Waals surface area (Å²) in [7, 11) is 0. The molecule has 3 rings (SSSR count). The van der Waals surface area contributed by atoms with Crippen molar-refractivity contribution in [1.82, 2.24) is 5.32 Å². The maximum absolute atomic E-state index is 12.2. The van der Waals surface area contributed by atoms with Gasteiger partial charge in [0.25, 0.3) is 0 Å². The number of nitrogens with zero attached hydrogens (tertiary/aromatic N) is 2. The van der Waals surface area contributed by atoms with Crippen molar-refractivity contribution in [2.75, 3.05) is 0 Å². The zero-order valence-electron chi connectivity index (χ0n) is 12.3. The predicted octanol–water partition coefficient (Wildman–Crippen LogP) is 2.53. The number of guanidine groups is 1. The van der Waals surface area contributed by atoms with Crippen molar-refractivity contribution in [3.63, 3.8) is 0 Å². The van der Waals surface area contributed by atoms with Crippen molar-refractivity contribution in [3.8, 4) is 0 Å². The molecule has 1 heterocycles. The SMILES string of the molecule is NC(NC(=O)c1ccc(Cl)cc1)=[N+]1N=CC[C@H]1c1ccccc1. The van der Waals surface area contributed by atoms with Gasteiger partial charge < -0.3 is 0 Å². The van der Waals surface area contributed by atoms with Crippen molar-refractivity contribution in [2.45, 2.75) is 12.5 Å². The predicted molar refractivity (Wildman–Crippen MR) is 90.7 cm³/mol. The van der Waals surface area contributed by atoms with E-state index in [1.807, 2.05) is 30.3 Å². The molecule has 0 spiro atoms. The molecule has 0 bridgehead atoms. The van der Waals surface area contributed by atoms with Gasteiger partial charge in [0, 0.05) is 17.7 Å². The monoisotopic (exact) mass is 327 g/mol. The Labute approximate surface area is 139 Å². The molecule has 1 amide bonds. The molecule has 0 fully saturated rings. The van der Waals surface area contributed by atoms with Crippen molar-refractivity contribution in [3.05, 3.63) is 70.7 Å². The van der Waals surface area contributed by atoms with Gasteiger partial charge in [0.2, 0.25) is 0 Å². The van der Waals surface area contributed by atoms with E-state index in [0.29, 0.717) is 10.6 Å². The molecule has 0 radical (unpaired) electrons. The van der Waals surface area contributed by atoms with Gasteiger partial charge in [0.1, 0.15) is 6.04 Å². The summed E-state index contributed by atoms with van der Waals surface area (Å²) >= 11 is 5.82. The zero-order chi connectivity index (χ0) is 16.2. The third-order valence-corrected chi connectivity index (χ3v) is 3.86. The van der Waals surface area contributed by atoms with Gasteiger partial charge in [-0.1, -0.05) is 41.9 Å². The molecule has 1 aliphatic heterocycles. The number of nitrogens with one attached hydrogen (secondary N) is 1. The van der Waals surface area contributed by atoms with E-state index in [1.165, 1.54) is 0 Å². The first-order valence-corrected chi connectivity index (χ1v) is 7.59. The minimum atomic E-state index is -0.298. The average Bonchev–Trinajstić information content (AvgIpc) is 3.06. The molecule has 2 aromatic rings. The topological polar surface area (TPSA) is 70.5 Å². The largest absolute Gasteiger partial charge is 0.375 e. The fourth-order valence-corrected chi connectivity index (χ4v) is 2.57. The standard InChI is InChI=1S/C17H15ClN4O/c18-14-8-6-13(7-9-14)16(23)21-17(19)22-15(10-11-20-22)12-4-2-1-3-5-12/h1-9,11,15H,10H2,(H2,19,21,23)/p+1/t15-/m0/s1. The molecular formula is C17H16ClN4O+. The van der Waals surface area contributed by atoms with E-state index in [4.69, 9.17) is 17.3 Å². The quantitative estimate of drug-likeness (QED) is 0.657. The Bertz CT molecular complexity index is 769. The first-order chi connectivity index (χ1) is 11.1. The van der Waals surface area contributed by atoms with E-state index in [0.717, 1.165) is 12.0 Å². The molecule has 0 aliphatic carbocycles. The van der Waals surface area contributed by atoms with Crippen LogP contribution in [0.3, 0.4) is 0 Å². The second-order valence-electron chi connectivity index (χ2n) is 5.15. The number of hydrogen-bond acceptors (Lipinski definition) is 2. The van der Waals surface area contributed by atoms with Crippen LogP contribution in [0.25, 0.3) is 0 Å². The van der Waals surface area contributed by atoms with Crippen LogP contribution in [0.2, 0.25) is 5.02 Å². The molecule has 1 atom stereocenters. The van der Waals surface area contributed by atoms with Gasteiger partial charge >= 0.3 is 11.9 Å². The Morgan fingerprint density at radius 1 is 1.17 bits per heavy atom. The third-order valence-electron chi connectivity index (χ3n) is 3.61. The van der Waals surface area contributed by atoms with Gasteiger partial charge in [-0.15, -0.1) is 9.79 Å². The van der Waals surface area contributed by atoms with Crippen LogP contribution in [-0.2, 0) is 0 Å². The molecule has 6 heteroatoms. The summed E-state index contributed by atoms with van der Waals surface area (Å²) in [6.07, 6.45) is 2.53. The van der Waals surface area contributed by atoms with Gasteiger partial charge in [0.15, 0.2) is 0 Å². The summed E-state index contributed by atoms with van der Waals surface area (Å²) in [5, 5.41) is 7.52. The lowest BCUT2D eigenvalue weighted by Crippen LogP contribution is -2.42. The average molecular weight is 328 g/mol. The second-order valence-corrected chi connectivity index (χ2v) is 5.59. The number of rotatable bonds is 2. The Balaban J connectivity index is 1.81. The molecule has 2 aromatic carbocycles. The van der Waals surface area contributed by atoms with Crippen LogP contribution >= 0.6 is 11.6 Å². The summed E-state index contributed by atoms with van der Waals surface area (Å²) in [5.74, 6) is -0.0966. The number of amides is 1. The lowest BCUT2D eigenvalue weighted by Gasteiger charge is -2.11. The third kappa shape index (κ3) is 3.40. The minimum Gasteiger partial charge on any atom is -0.289 e. The molecule has 116 valence electrons. The summed E-state index contributed by atoms with van der Waals surface area (Å²) in [4.78, 5) is 12.2. The fraction of sp³-hybridized carbons (Fsp3) is 0.118. The number of hydrazone groups is 1. The van der Waals surface area contributed by atoms with Crippen molar-refractivity contribution in [1.29, 1.82) is 0 Å². The van der Waals surface area contributed by atoms with E-state index >= 15 is 0 Å². The molecule has 0 aromatic heterocycles. The summed E-state index contributed by atoms with van der Waals surface area (Å²) < 4.78 is 1.63. The number of hydrogen-bond donors (Lipinski definition) is 2. The number of carbonyl (C=O) groups is 1. The normalized spacial score (nSPS) is 18.7. The Kier molecular flexibility index (Phi) is 4.39. The van der Waals surface area contributed by atoms with Crippen LogP contribution < -0.4 is 11.1 Å². The van der Waals surface area contributed by atoms with Crippen LogP contribution in [-0.4, -0.2) is 22.8 Å². The van der Waals surface area contributed by atoms with Gasteiger partial charge in [-0.2, -0.15) is 0 Å². The molecule has 0 saturated heterocycles. The Hall–Kier alpha value is -2.66. The highest BCUT2D eigenvalue weighted by Crippen LogP contribution is 2.23. The van der Waals surface area contributed by atoms with Gasteiger partial charge in [-0.05, 0) is 29.8 Å². The molecule has 5 nitrogen and oxygen atoms in total. The molecule has 23 heavy (non-hydrogen) atoms. The number of benzene rings is 2. The van der Waals surface area contributed by atoms with Crippen LogP contribution in [0.4, 0.5) is 0 Å². The maximum Gasteiger partial charge on any atom is 0.375 e.